The van der Waals surface area contributed by atoms with Crippen LogP contribution < -0.4 is 0 Å². The highest BCUT2D eigenvalue weighted by atomic mass is 79.9. The molecule has 0 radical (unpaired) electrons. The number of rotatable bonds is 1. The molecule has 0 aliphatic carbocycles. The van der Waals surface area contributed by atoms with Crippen molar-refractivity contribution in [2.24, 2.45) is 0 Å². The summed E-state index contributed by atoms with van der Waals surface area (Å²) in [6, 6.07) is 6.07. The lowest BCUT2D eigenvalue weighted by molar-refractivity contribution is 0.00842. The van der Waals surface area contributed by atoms with Crippen molar-refractivity contribution in [1.82, 2.24) is 0 Å². The van der Waals surface area contributed by atoms with E-state index in [1.54, 1.807) is 0 Å². The molecule has 64 valence electrons. The molecule has 1 nitrogen and oxygen atoms in total. The smallest absolute Gasteiger partial charge is 0.0557 e. The first kappa shape index (κ1) is 8.54. The van der Waals surface area contributed by atoms with Gasteiger partial charge in [-0.05, 0) is 33.6 Å². The summed E-state index contributed by atoms with van der Waals surface area (Å²) >= 11 is 9.31. The molecule has 12 heavy (non-hydrogen) atoms. The van der Waals surface area contributed by atoms with E-state index in [4.69, 9.17) is 16.3 Å². The molecule has 0 bridgehead atoms. The molecule has 1 aliphatic heterocycles. The van der Waals surface area contributed by atoms with Gasteiger partial charge in [0.1, 0.15) is 0 Å². The highest BCUT2D eigenvalue weighted by Gasteiger charge is 2.20. The Hall–Kier alpha value is -0.0500. The molecule has 3 heteroatoms. The molecule has 2 rings (SSSR count). The Kier molecular flexibility index (Phi) is 2.40. The predicted octanol–water partition coefficient (Wildman–Crippen LogP) is 3.22. The zero-order valence-electron chi connectivity index (χ0n) is 6.39. The van der Waals surface area contributed by atoms with E-state index in [1.165, 1.54) is 5.56 Å². The quantitative estimate of drug-likeness (QED) is 0.740. The van der Waals surface area contributed by atoms with E-state index in [1.807, 2.05) is 12.1 Å². The summed E-state index contributed by atoms with van der Waals surface area (Å²) in [7, 11) is 0. The maximum Gasteiger partial charge on any atom is 0.0557 e. The van der Waals surface area contributed by atoms with E-state index in [-0.39, 0.29) is 0 Å². The summed E-state index contributed by atoms with van der Waals surface area (Å²) in [6.45, 7) is 1.66. The van der Waals surface area contributed by atoms with E-state index in [0.717, 1.165) is 22.7 Å². The van der Waals surface area contributed by atoms with Crippen LogP contribution in [0.3, 0.4) is 0 Å². The summed E-state index contributed by atoms with van der Waals surface area (Å²) in [4.78, 5) is 0. The minimum absolute atomic E-state index is 0.551. The Morgan fingerprint density at radius 2 is 2.17 bits per heavy atom. The lowest BCUT2D eigenvalue weighted by atomic mass is 9.98. The molecule has 0 spiro atoms. The van der Waals surface area contributed by atoms with Crippen molar-refractivity contribution >= 4 is 27.5 Å². The van der Waals surface area contributed by atoms with Crippen LogP contribution in [-0.2, 0) is 4.74 Å². The molecule has 1 aromatic rings. The Morgan fingerprint density at radius 3 is 2.67 bits per heavy atom. The molecular weight excluding hydrogens is 239 g/mol. The van der Waals surface area contributed by atoms with Gasteiger partial charge in [0.2, 0.25) is 0 Å². The van der Waals surface area contributed by atoms with Crippen molar-refractivity contribution in [3.05, 3.63) is 33.3 Å². The molecular formula is C9H8BrClO. The second-order valence-corrected chi connectivity index (χ2v) is 4.17. The van der Waals surface area contributed by atoms with Gasteiger partial charge >= 0.3 is 0 Å². The molecule has 0 amide bonds. The monoisotopic (exact) mass is 246 g/mol. The minimum atomic E-state index is 0.551. The van der Waals surface area contributed by atoms with Crippen LogP contribution in [-0.4, -0.2) is 13.2 Å². The second kappa shape index (κ2) is 3.36. The third kappa shape index (κ3) is 1.51. The zero-order valence-corrected chi connectivity index (χ0v) is 8.73. The first-order valence-corrected chi connectivity index (χ1v) is 4.97. The van der Waals surface area contributed by atoms with Gasteiger partial charge in [0.15, 0.2) is 0 Å². The van der Waals surface area contributed by atoms with Crippen LogP contribution in [0.4, 0.5) is 0 Å². The van der Waals surface area contributed by atoms with Crippen molar-refractivity contribution in [2.45, 2.75) is 5.92 Å². The largest absolute Gasteiger partial charge is 0.380 e. The van der Waals surface area contributed by atoms with Crippen molar-refractivity contribution in [1.29, 1.82) is 0 Å². The molecule has 1 aromatic carbocycles. The molecule has 0 aromatic heterocycles. The Morgan fingerprint density at radius 1 is 1.42 bits per heavy atom. The average molecular weight is 248 g/mol. The van der Waals surface area contributed by atoms with Crippen LogP contribution in [0.25, 0.3) is 0 Å². The number of ether oxygens (including phenoxy) is 1. The lowest BCUT2D eigenvalue weighted by Crippen LogP contribution is -2.24. The van der Waals surface area contributed by atoms with Crippen molar-refractivity contribution in [3.63, 3.8) is 0 Å². The molecule has 1 fully saturated rings. The highest BCUT2D eigenvalue weighted by molar-refractivity contribution is 9.10. The normalized spacial score (nSPS) is 17.5. The Labute approximate surface area is 84.8 Å². The molecule has 0 atom stereocenters. The summed E-state index contributed by atoms with van der Waals surface area (Å²) in [5.41, 5.74) is 1.27. The standard InChI is InChI=1S/C9H8BrClO/c10-8-2-1-6(3-9(8)11)7-4-12-5-7/h1-3,7H,4-5H2. The molecule has 1 aliphatic rings. The van der Waals surface area contributed by atoms with Gasteiger partial charge in [0.05, 0.1) is 18.2 Å². The van der Waals surface area contributed by atoms with Gasteiger partial charge in [-0.2, -0.15) is 0 Å². The first-order valence-electron chi connectivity index (χ1n) is 3.80. The van der Waals surface area contributed by atoms with Crippen LogP contribution in [0.5, 0.6) is 0 Å². The number of hydrogen-bond donors (Lipinski definition) is 0. The number of hydrogen-bond acceptors (Lipinski definition) is 1. The summed E-state index contributed by atoms with van der Waals surface area (Å²) in [5, 5.41) is 0.777. The fourth-order valence-corrected chi connectivity index (χ4v) is 1.63. The Balaban J connectivity index is 2.27. The van der Waals surface area contributed by atoms with Crippen molar-refractivity contribution in [2.75, 3.05) is 13.2 Å². The van der Waals surface area contributed by atoms with Crippen LogP contribution >= 0.6 is 27.5 Å². The fraction of sp³-hybridized carbons (Fsp3) is 0.333. The fourth-order valence-electron chi connectivity index (χ4n) is 1.19. The van der Waals surface area contributed by atoms with E-state index in [0.29, 0.717) is 5.92 Å². The summed E-state index contributed by atoms with van der Waals surface area (Å²) < 4.78 is 6.06. The third-order valence-corrected chi connectivity index (χ3v) is 3.29. The third-order valence-electron chi connectivity index (χ3n) is 2.05. The number of halogens is 2. The van der Waals surface area contributed by atoms with Crippen LogP contribution in [0.1, 0.15) is 11.5 Å². The van der Waals surface area contributed by atoms with Crippen molar-refractivity contribution < 1.29 is 4.74 Å². The average Bonchev–Trinajstić information content (AvgIpc) is 1.93. The zero-order chi connectivity index (χ0) is 8.55. The van der Waals surface area contributed by atoms with E-state index in [9.17, 15) is 0 Å². The van der Waals surface area contributed by atoms with Crippen LogP contribution in [0.15, 0.2) is 22.7 Å². The summed E-state index contributed by atoms with van der Waals surface area (Å²) in [6.07, 6.45) is 0. The van der Waals surface area contributed by atoms with Gasteiger partial charge in [0.25, 0.3) is 0 Å². The molecule has 1 saturated heterocycles. The molecule has 0 saturated carbocycles. The molecule has 1 heterocycles. The molecule has 0 unspecified atom stereocenters. The maximum atomic E-state index is 5.95. The second-order valence-electron chi connectivity index (χ2n) is 2.91. The minimum Gasteiger partial charge on any atom is -0.380 e. The van der Waals surface area contributed by atoms with Crippen molar-refractivity contribution in [3.8, 4) is 0 Å². The predicted molar refractivity (Wildman–Crippen MR) is 52.7 cm³/mol. The summed E-state index contributed by atoms with van der Waals surface area (Å²) in [5.74, 6) is 0.551. The Bertz CT molecular complexity index is 297. The van der Waals surface area contributed by atoms with Gasteiger partial charge in [-0.25, -0.2) is 0 Å². The maximum absolute atomic E-state index is 5.95. The van der Waals surface area contributed by atoms with Gasteiger partial charge in [-0.15, -0.1) is 0 Å². The van der Waals surface area contributed by atoms with Gasteiger partial charge in [-0.1, -0.05) is 17.7 Å². The van der Waals surface area contributed by atoms with E-state index < -0.39 is 0 Å². The lowest BCUT2D eigenvalue weighted by Gasteiger charge is -2.26. The number of benzene rings is 1. The van der Waals surface area contributed by atoms with E-state index in [2.05, 4.69) is 22.0 Å². The SMILES string of the molecule is Clc1cc(C2COC2)ccc1Br. The first-order chi connectivity index (χ1) is 5.77. The van der Waals surface area contributed by atoms with Gasteiger partial charge < -0.3 is 4.74 Å². The van der Waals surface area contributed by atoms with Gasteiger partial charge in [-0.3, -0.25) is 0 Å². The van der Waals surface area contributed by atoms with Crippen LogP contribution in [0, 0.1) is 0 Å². The van der Waals surface area contributed by atoms with Gasteiger partial charge in [0, 0.05) is 10.4 Å². The topological polar surface area (TPSA) is 9.23 Å². The highest BCUT2D eigenvalue weighted by Crippen LogP contribution is 2.29. The molecule has 0 N–H and O–H groups in total. The van der Waals surface area contributed by atoms with Crippen LogP contribution in [0.2, 0.25) is 5.02 Å². The van der Waals surface area contributed by atoms with E-state index >= 15 is 0 Å².